The molecule has 2 saturated carbocycles. The van der Waals surface area contributed by atoms with Gasteiger partial charge in [-0.2, -0.15) is 0 Å². The molecule has 3 rings (SSSR count). The van der Waals surface area contributed by atoms with Crippen LogP contribution in [0.1, 0.15) is 68.9 Å². The first kappa shape index (κ1) is 14.1. The monoisotopic (exact) mass is 272 g/mol. The molecule has 20 heavy (non-hydrogen) atoms. The molecule has 110 valence electrons. The first-order valence-electron chi connectivity index (χ1n) is 8.41. The van der Waals surface area contributed by atoms with Crippen molar-refractivity contribution in [3.8, 4) is 0 Å². The van der Waals surface area contributed by atoms with Gasteiger partial charge >= 0.3 is 0 Å². The van der Waals surface area contributed by atoms with Gasteiger partial charge in [-0.05, 0) is 42.7 Å². The zero-order valence-electron chi connectivity index (χ0n) is 12.8. The van der Waals surface area contributed by atoms with Crippen LogP contribution in [-0.2, 0) is 5.54 Å². The van der Waals surface area contributed by atoms with E-state index in [1.54, 1.807) is 0 Å². The van der Waals surface area contributed by atoms with Crippen LogP contribution in [-0.4, -0.2) is 4.98 Å². The van der Waals surface area contributed by atoms with Gasteiger partial charge in [0.05, 0.1) is 0 Å². The lowest BCUT2D eigenvalue weighted by Gasteiger charge is -2.46. The molecule has 2 fully saturated rings. The second kappa shape index (κ2) is 5.85. The fourth-order valence-corrected chi connectivity index (χ4v) is 4.59. The summed E-state index contributed by atoms with van der Waals surface area (Å²) in [5.41, 5.74) is 9.38. The molecule has 1 heterocycles. The second-order valence-corrected chi connectivity index (χ2v) is 7.04. The Kier molecular flexibility index (Phi) is 4.11. The fourth-order valence-electron chi connectivity index (χ4n) is 4.59. The third-order valence-electron chi connectivity index (χ3n) is 5.65. The van der Waals surface area contributed by atoms with Crippen molar-refractivity contribution in [2.75, 3.05) is 0 Å². The summed E-state index contributed by atoms with van der Waals surface area (Å²) in [7, 11) is 0. The van der Waals surface area contributed by atoms with E-state index >= 15 is 0 Å². The summed E-state index contributed by atoms with van der Waals surface area (Å²) in [6.07, 6.45) is 16.1. The van der Waals surface area contributed by atoms with Crippen molar-refractivity contribution in [2.45, 2.75) is 70.3 Å². The molecule has 2 heteroatoms. The Balaban J connectivity index is 1.90. The van der Waals surface area contributed by atoms with E-state index in [0.29, 0.717) is 5.92 Å². The Bertz CT molecular complexity index is 450. The molecule has 0 bridgehead atoms. The van der Waals surface area contributed by atoms with Crippen LogP contribution < -0.4 is 5.73 Å². The second-order valence-electron chi connectivity index (χ2n) is 7.04. The van der Waals surface area contributed by atoms with E-state index in [0.717, 1.165) is 12.3 Å². The fraction of sp³-hybridized carbons (Fsp3) is 0.722. The number of nitrogens with two attached hydrogens (primary N) is 1. The summed E-state index contributed by atoms with van der Waals surface area (Å²) in [4.78, 5) is 4.40. The molecule has 1 aromatic heterocycles. The highest BCUT2D eigenvalue weighted by Crippen LogP contribution is 2.47. The summed E-state index contributed by atoms with van der Waals surface area (Å²) in [6, 6.07) is 2.27. The molecule has 2 unspecified atom stereocenters. The van der Waals surface area contributed by atoms with E-state index in [9.17, 15) is 0 Å². The van der Waals surface area contributed by atoms with Gasteiger partial charge in [-0.3, -0.25) is 4.98 Å². The van der Waals surface area contributed by atoms with Crippen molar-refractivity contribution in [1.82, 2.24) is 4.98 Å². The Morgan fingerprint density at radius 2 is 1.80 bits per heavy atom. The zero-order valence-corrected chi connectivity index (χ0v) is 12.8. The first-order valence-corrected chi connectivity index (χ1v) is 8.41. The van der Waals surface area contributed by atoms with Gasteiger partial charge in [0, 0.05) is 17.9 Å². The Morgan fingerprint density at radius 3 is 2.55 bits per heavy atom. The van der Waals surface area contributed by atoms with Crippen LogP contribution in [0.3, 0.4) is 0 Å². The molecule has 2 aliphatic carbocycles. The van der Waals surface area contributed by atoms with Crippen LogP contribution in [0.15, 0.2) is 18.5 Å². The molecule has 0 radical (unpaired) electrons. The van der Waals surface area contributed by atoms with Crippen LogP contribution in [0.5, 0.6) is 0 Å². The van der Waals surface area contributed by atoms with Gasteiger partial charge < -0.3 is 5.73 Å². The van der Waals surface area contributed by atoms with Crippen molar-refractivity contribution < 1.29 is 0 Å². The number of aryl methyl sites for hydroxylation is 1. The summed E-state index contributed by atoms with van der Waals surface area (Å²) in [6.45, 7) is 2.12. The summed E-state index contributed by atoms with van der Waals surface area (Å²) >= 11 is 0. The quantitative estimate of drug-likeness (QED) is 0.871. The van der Waals surface area contributed by atoms with E-state index in [2.05, 4.69) is 18.0 Å². The van der Waals surface area contributed by atoms with Crippen LogP contribution in [0.25, 0.3) is 0 Å². The lowest BCUT2D eigenvalue weighted by atomic mass is 9.62. The van der Waals surface area contributed by atoms with Gasteiger partial charge in [0.15, 0.2) is 0 Å². The highest BCUT2D eigenvalue weighted by Gasteiger charge is 2.43. The van der Waals surface area contributed by atoms with Gasteiger partial charge in [-0.15, -0.1) is 0 Å². The minimum absolute atomic E-state index is 0.126. The van der Waals surface area contributed by atoms with Gasteiger partial charge in [0.1, 0.15) is 0 Å². The largest absolute Gasteiger partial charge is 0.321 e. The van der Waals surface area contributed by atoms with Gasteiger partial charge in [-0.25, -0.2) is 0 Å². The molecule has 0 aromatic carbocycles. The van der Waals surface area contributed by atoms with Gasteiger partial charge in [-0.1, -0.05) is 51.0 Å². The average molecular weight is 272 g/mol. The van der Waals surface area contributed by atoms with Crippen molar-refractivity contribution in [3.05, 3.63) is 29.6 Å². The maximum Gasteiger partial charge on any atom is 0.0456 e. The molecule has 0 saturated heterocycles. The third kappa shape index (κ3) is 2.63. The summed E-state index contributed by atoms with van der Waals surface area (Å²) in [5, 5.41) is 0. The molecule has 0 aliphatic heterocycles. The number of aromatic nitrogens is 1. The molecular formula is C18H28N2. The molecule has 2 N–H and O–H groups in total. The molecule has 0 amide bonds. The standard InChI is InChI=1S/C18H28N2/c1-14-11-16(13-20-12-14)18(19)10-6-5-9-17(18)15-7-3-2-4-8-15/h11-13,15,17H,2-10,19H2,1H3. The number of pyridine rings is 1. The number of rotatable bonds is 2. The lowest BCUT2D eigenvalue weighted by molar-refractivity contribution is 0.0983. The van der Waals surface area contributed by atoms with Crippen molar-refractivity contribution >= 4 is 0 Å². The third-order valence-corrected chi connectivity index (χ3v) is 5.65. The maximum absolute atomic E-state index is 6.98. The molecule has 1 aromatic rings. The number of nitrogens with zero attached hydrogens (tertiary/aromatic N) is 1. The summed E-state index contributed by atoms with van der Waals surface area (Å²) in [5.74, 6) is 1.51. The van der Waals surface area contributed by atoms with Crippen molar-refractivity contribution in [3.63, 3.8) is 0 Å². The zero-order chi connectivity index (χ0) is 14.0. The minimum Gasteiger partial charge on any atom is -0.321 e. The molecule has 2 nitrogen and oxygen atoms in total. The first-order chi connectivity index (χ1) is 9.70. The van der Waals surface area contributed by atoms with E-state index in [-0.39, 0.29) is 5.54 Å². The summed E-state index contributed by atoms with van der Waals surface area (Å²) < 4.78 is 0. The predicted octanol–water partition coefficient (Wildman–Crippen LogP) is 4.31. The Hall–Kier alpha value is -0.890. The van der Waals surface area contributed by atoms with Crippen molar-refractivity contribution in [2.24, 2.45) is 17.6 Å². The topological polar surface area (TPSA) is 38.9 Å². The molecule has 0 spiro atoms. The van der Waals surface area contributed by atoms with E-state index in [4.69, 9.17) is 5.73 Å². The Morgan fingerprint density at radius 1 is 1.05 bits per heavy atom. The molecule has 2 atom stereocenters. The van der Waals surface area contributed by atoms with Crippen molar-refractivity contribution in [1.29, 1.82) is 0 Å². The lowest BCUT2D eigenvalue weighted by Crippen LogP contribution is -2.49. The number of hydrogen-bond donors (Lipinski definition) is 1. The normalized spacial score (nSPS) is 32.2. The average Bonchev–Trinajstić information content (AvgIpc) is 2.49. The smallest absolute Gasteiger partial charge is 0.0456 e. The number of hydrogen-bond acceptors (Lipinski definition) is 2. The van der Waals surface area contributed by atoms with Crippen LogP contribution in [0.4, 0.5) is 0 Å². The van der Waals surface area contributed by atoms with E-state index < -0.39 is 0 Å². The SMILES string of the molecule is Cc1cncc(C2(N)CCCCC2C2CCCCC2)c1. The van der Waals surface area contributed by atoms with E-state index in [1.807, 2.05) is 12.4 Å². The van der Waals surface area contributed by atoms with Gasteiger partial charge in [0.2, 0.25) is 0 Å². The maximum atomic E-state index is 6.98. The molecule has 2 aliphatic rings. The van der Waals surface area contributed by atoms with Gasteiger partial charge in [0.25, 0.3) is 0 Å². The van der Waals surface area contributed by atoms with Crippen LogP contribution in [0, 0.1) is 18.8 Å². The van der Waals surface area contributed by atoms with Crippen LogP contribution in [0.2, 0.25) is 0 Å². The molecular weight excluding hydrogens is 244 g/mol. The Labute approximate surface area is 123 Å². The van der Waals surface area contributed by atoms with E-state index in [1.165, 1.54) is 62.5 Å². The minimum atomic E-state index is -0.126. The highest BCUT2D eigenvalue weighted by molar-refractivity contribution is 5.26. The highest BCUT2D eigenvalue weighted by atomic mass is 14.8. The van der Waals surface area contributed by atoms with Crippen LogP contribution >= 0.6 is 0 Å². The predicted molar refractivity (Wildman–Crippen MR) is 83.4 cm³/mol.